The molecule has 15 heavy (non-hydrogen) atoms. The molecule has 0 aromatic heterocycles. The molecule has 3 aliphatic rings. The summed E-state index contributed by atoms with van der Waals surface area (Å²) < 4.78 is 0. The van der Waals surface area contributed by atoms with Gasteiger partial charge in [-0.05, 0) is 38.5 Å². The highest BCUT2D eigenvalue weighted by atomic mass is 15.0. The van der Waals surface area contributed by atoms with Crippen LogP contribution in [0.1, 0.15) is 51.4 Å². The van der Waals surface area contributed by atoms with Gasteiger partial charge in [-0.2, -0.15) is 0 Å². The summed E-state index contributed by atoms with van der Waals surface area (Å²) in [6.45, 7) is 0. The van der Waals surface area contributed by atoms with Crippen LogP contribution in [-0.4, -0.2) is 18.1 Å². The van der Waals surface area contributed by atoms with E-state index in [1.807, 2.05) is 0 Å². The number of piperidine rings is 1. The topological polar surface area (TPSA) is 42.6 Å². The average Bonchev–Trinajstić information content (AvgIpc) is 2.56. The van der Waals surface area contributed by atoms with Crippen molar-refractivity contribution in [2.75, 3.05) is 0 Å². The zero-order valence-electron chi connectivity index (χ0n) is 9.70. The first-order chi connectivity index (χ1) is 7.36. The summed E-state index contributed by atoms with van der Waals surface area (Å²) in [7, 11) is 0. The standard InChI is InChI=1S/C13H24N2/c14-13-9-5-2-1-3-7-11(9)15-12-8-4-6-10(12)13/h9-13,15H,1-8,14H2/p+1. The fraction of sp³-hybridized carbons (Fsp3) is 1.00. The highest BCUT2D eigenvalue weighted by molar-refractivity contribution is 4.95. The lowest BCUT2D eigenvalue weighted by atomic mass is 9.75. The summed E-state index contributed by atoms with van der Waals surface area (Å²) in [6, 6.07) is 2.30. The van der Waals surface area contributed by atoms with Gasteiger partial charge in [0.2, 0.25) is 0 Å². The van der Waals surface area contributed by atoms with E-state index in [0.29, 0.717) is 6.04 Å². The summed E-state index contributed by atoms with van der Waals surface area (Å²) in [5.41, 5.74) is 6.52. The molecule has 0 aromatic rings. The van der Waals surface area contributed by atoms with Crippen LogP contribution in [-0.2, 0) is 0 Å². The minimum absolute atomic E-state index is 0.533. The zero-order valence-corrected chi connectivity index (χ0v) is 9.70. The van der Waals surface area contributed by atoms with Crippen LogP contribution in [0.4, 0.5) is 0 Å². The van der Waals surface area contributed by atoms with E-state index in [-0.39, 0.29) is 0 Å². The van der Waals surface area contributed by atoms with Crippen molar-refractivity contribution in [2.24, 2.45) is 17.6 Å². The predicted molar refractivity (Wildman–Crippen MR) is 61.4 cm³/mol. The van der Waals surface area contributed by atoms with Gasteiger partial charge in [-0.3, -0.25) is 0 Å². The van der Waals surface area contributed by atoms with Gasteiger partial charge >= 0.3 is 0 Å². The van der Waals surface area contributed by atoms with Gasteiger partial charge in [-0.15, -0.1) is 0 Å². The molecular formula is C13H25N2+. The number of rotatable bonds is 0. The molecule has 1 saturated heterocycles. The SMILES string of the molecule is NC1C2CCCCCC2[NH2+]C2CCCC21. The third-order valence-corrected chi connectivity index (χ3v) is 5.23. The molecular weight excluding hydrogens is 184 g/mol. The Labute approximate surface area is 93.0 Å². The van der Waals surface area contributed by atoms with Crippen molar-refractivity contribution in [1.82, 2.24) is 0 Å². The van der Waals surface area contributed by atoms with Crippen LogP contribution in [0, 0.1) is 11.8 Å². The average molecular weight is 209 g/mol. The Balaban J connectivity index is 1.78. The molecule has 3 rings (SSSR count). The lowest BCUT2D eigenvalue weighted by Crippen LogP contribution is -3.00. The second kappa shape index (κ2) is 4.06. The van der Waals surface area contributed by atoms with Crippen molar-refractivity contribution in [2.45, 2.75) is 69.5 Å². The molecule has 5 unspecified atom stereocenters. The van der Waals surface area contributed by atoms with E-state index in [4.69, 9.17) is 5.73 Å². The van der Waals surface area contributed by atoms with E-state index >= 15 is 0 Å². The molecule has 0 radical (unpaired) electrons. The monoisotopic (exact) mass is 209 g/mol. The van der Waals surface area contributed by atoms with Gasteiger partial charge in [0, 0.05) is 17.9 Å². The third-order valence-electron chi connectivity index (χ3n) is 5.23. The summed E-state index contributed by atoms with van der Waals surface area (Å²) in [5.74, 6) is 1.69. The van der Waals surface area contributed by atoms with Crippen molar-refractivity contribution in [3.05, 3.63) is 0 Å². The molecule has 0 bridgehead atoms. The van der Waals surface area contributed by atoms with Crippen LogP contribution in [0.15, 0.2) is 0 Å². The summed E-state index contributed by atoms with van der Waals surface area (Å²) in [6.07, 6.45) is 11.4. The molecule has 2 saturated carbocycles. The molecule has 1 heterocycles. The summed E-state index contributed by atoms with van der Waals surface area (Å²) in [4.78, 5) is 0. The molecule has 4 N–H and O–H groups in total. The number of fused-ring (bicyclic) bond motifs is 2. The number of quaternary nitrogens is 1. The highest BCUT2D eigenvalue weighted by Crippen LogP contribution is 2.36. The predicted octanol–water partition coefficient (Wildman–Crippen LogP) is 1.01. The van der Waals surface area contributed by atoms with Crippen LogP contribution in [0.5, 0.6) is 0 Å². The van der Waals surface area contributed by atoms with E-state index in [1.54, 1.807) is 0 Å². The Morgan fingerprint density at radius 3 is 2.13 bits per heavy atom. The molecule has 0 amide bonds. The van der Waals surface area contributed by atoms with Crippen molar-refractivity contribution in [3.63, 3.8) is 0 Å². The molecule has 0 aromatic carbocycles. The molecule has 2 nitrogen and oxygen atoms in total. The largest absolute Gasteiger partial charge is 0.341 e. The van der Waals surface area contributed by atoms with Crippen LogP contribution in [0.3, 0.4) is 0 Å². The normalized spacial score (nSPS) is 50.6. The van der Waals surface area contributed by atoms with E-state index < -0.39 is 0 Å². The third kappa shape index (κ3) is 1.72. The van der Waals surface area contributed by atoms with Crippen LogP contribution in [0.25, 0.3) is 0 Å². The summed E-state index contributed by atoms with van der Waals surface area (Å²) >= 11 is 0. The number of hydrogen-bond acceptors (Lipinski definition) is 1. The fourth-order valence-corrected chi connectivity index (χ4v) is 4.45. The van der Waals surface area contributed by atoms with E-state index in [0.717, 1.165) is 23.9 Å². The summed E-state index contributed by atoms with van der Waals surface area (Å²) in [5, 5.41) is 2.72. The van der Waals surface area contributed by atoms with Crippen molar-refractivity contribution in [3.8, 4) is 0 Å². The van der Waals surface area contributed by atoms with Gasteiger partial charge in [0.25, 0.3) is 0 Å². The minimum atomic E-state index is 0.533. The fourth-order valence-electron chi connectivity index (χ4n) is 4.45. The Bertz CT molecular complexity index is 227. The Morgan fingerprint density at radius 2 is 1.33 bits per heavy atom. The Kier molecular flexibility index (Phi) is 2.73. The Hall–Kier alpha value is -0.0800. The minimum Gasteiger partial charge on any atom is -0.341 e. The molecule has 3 fully saturated rings. The molecule has 1 aliphatic heterocycles. The van der Waals surface area contributed by atoms with Gasteiger partial charge in [0.1, 0.15) is 0 Å². The molecule has 5 atom stereocenters. The quantitative estimate of drug-likeness (QED) is 0.614. The van der Waals surface area contributed by atoms with Crippen molar-refractivity contribution in [1.29, 1.82) is 0 Å². The first kappa shape index (κ1) is 10.1. The second-order valence-electron chi connectivity index (χ2n) is 5.99. The van der Waals surface area contributed by atoms with Gasteiger partial charge in [0.15, 0.2) is 0 Å². The molecule has 2 aliphatic carbocycles. The van der Waals surface area contributed by atoms with E-state index in [9.17, 15) is 0 Å². The first-order valence-corrected chi connectivity index (χ1v) is 6.97. The first-order valence-electron chi connectivity index (χ1n) is 6.97. The number of nitrogens with two attached hydrogens (primary N) is 2. The van der Waals surface area contributed by atoms with E-state index in [2.05, 4.69) is 5.32 Å². The zero-order chi connectivity index (χ0) is 10.3. The van der Waals surface area contributed by atoms with Crippen molar-refractivity contribution >= 4 is 0 Å². The van der Waals surface area contributed by atoms with E-state index in [1.165, 1.54) is 51.4 Å². The van der Waals surface area contributed by atoms with Gasteiger partial charge in [-0.1, -0.05) is 12.8 Å². The lowest BCUT2D eigenvalue weighted by molar-refractivity contribution is -0.742. The van der Waals surface area contributed by atoms with Gasteiger partial charge in [0.05, 0.1) is 12.1 Å². The van der Waals surface area contributed by atoms with Crippen LogP contribution in [0.2, 0.25) is 0 Å². The molecule has 0 spiro atoms. The highest BCUT2D eigenvalue weighted by Gasteiger charge is 2.47. The number of hydrogen-bond donors (Lipinski definition) is 2. The maximum Gasteiger partial charge on any atom is 0.0904 e. The smallest absolute Gasteiger partial charge is 0.0904 e. The maximum absolute atomic E-state index is 6.52. The Morgan fingerprint density at radius 1 is 0.733 bits per heavy atom. The second-order valence-corrected chi connectivity index (χ2v) is 5.99. The van der Waals surface area contributed by atoms with Gasteiger partial charge in [-0.25, -0.2) is 0 Å². The van der Waals surface area contributed by atoms with Crippen molar-refractivity contribution < 1.29 is 5.32 Å². The lowest BCUT2D eigenvalue weighted by Gasteiger charge is -2.41. The molecule has 2 heteroatoms. The van der Waals surface area contributed by atoms with Gasteiger partial charge < -0.3 is 11.1 Å². The maximum atomic E-state index is 6.52. The van der Waals surface area contributed by atoms with Crippen LogP contribution >= 0.6 is 0 Å². The molecule has 86 valence electrons. The van der Waals surface area contributed by atoms with Crippen LogP contribution < -0.4 is 11.1 Å².